The Bertz CT molecular complexity index is 1000. The van der Waals surface area contributed by atoms with Crippen LogP contribution < -0.4 is 10.2 Å². The van der Waals surface area contributed by atoms with Crippen molar-refractivity contribution in [1.82, 2.24) is 24.6 Å². The fraction of sp³-hybridized carbons (Fsp3) is 0.333. The minimum absolute atomic E-state index is 0.0648. The molecular formula is C21H25N7O. The molecule has 1 aromatic carbocycles. The second kappa shape index (κ2) is 7.90. The lowest BCUT2D eigenvalue weighted by Gasteiger charge is -2.35. The summed E-state index contributed by atoms with van der Waals surface area (Å²) in [5, 5.41) is 7.41. The highest BCUT2D eigenvalue weighted by atomic mass is 16.2. The van der Waals surface area contributed by atoms with Crippen LogP contribution in [0.5, 0.6) is 0 Å². The first-order valence-corrected chi connectivity index (χ1v) is 9.72. The number of nitrogens with zero attached hydrogens (tertiary/aromatic N) is 6. The summed E-state index contributed by atoms with van der Waals surface area (Å²) < 4.78 is 1.74. The zero-order chi connectivity index (χ0) is 20.4. The summed E-state index contributed by atoms with van der Waals surface area (Å²) in [7, 11) is 0. The number of aromatic nitrogens is 4. The first-order chi connectivity index (χ1) is 14.0. The molecule has 1 fully saturated rings. The molecule has 8 nitrogen and oxygen atoms in total. The van der Waals surface area contributed by atoms with E-state index in [-0.39, 0.29) is 6.03 Å². The Balaban J connectivity index is 1.38. The molecule has 0 spiro atoms. The number of piperazine rings is 1. The molecule has 0 unspecified atom stereocenters. The fourth-order valence-corrected chi connectivity index (χ4v) is 3.57. The highest BCUT2D eigenvalue weighted by molar-refractivity contribution is 5.89. The Morgan fingerprint density at radius 2 is 1.62 bits per heavy atom. The van der Waals surface area contributed by atoms with E-state index in [0.717, 1.165) is 47.2 Å². The van der Waals surface area contributed by atoms with Gasteiger partial charge >= 0.3 is 6.03 Å². The van der Waals surface area contributed by atoms with Gasteiger partial charge in [-0.1, -0.05) is 6.07 Å². The van der Waals surface area contributed by atoms with Crippen LogP contribution in [0, 0.1) is 20.8 Å². The van der Waals surface area contributed by atoms with E-state index in [2.05, 4.69) is 31.3 Å². The predicted octanol–water partition coefficient (Wildman–Crippen LogP) is 2.94. The number of amides is 2. The third-order valence-corrected chi connectivity index (χ3v) is 4.96. The lowest BCUT2D eigenvalue weighted by Crippen LogP contribution is -2.50. The number of nitrogens with one attached hydrogen (secondary N) is 1. The van der Waals surface area contributed by atoms with Crippen molar-refractivity contribution in [3.63, 3.8) is 0 Å². The smallest absolute Gasteiger partial charge is 0.321 e. The zero-order valence-corrected chi connectivity index (χ0v) is 17.0. The largest absolute Gasteiger partial charge is 0.353 e. The highest BCUT2D eigenvalue weighted by Crippen LogP contribution is 2.18. The summed E-state index contributed by atoms with van der Waals surface area (Å²) in [6.07, 6.45) is 3.44. The molecular weight excluding hydrogens is 366 g/mol. The Morgan fingerprint density at radius 1 is 0.931 bits per heavy atom. The average molecular weight is 391 g/mol. The first kappa shape index (κ1) is 18.9. The van der Waals surface area contributed by atoms with Gasteiger partial charge in [0.25, 0.3) is 0 Å². The third-order valence-electron chi connectivity index (χ3n) is 4.96. The molecule has 1 saturated heterocycles. The number of hydrogen-bond donors (Lipinski definition) is 1. The molecule has 0 aliphatic carbocycles. The molecule has 0 atom stereocenters. The van der Waals surface area contributed by atoms with Crippen molar-refractivity contribution in [1.29, 1.82) is 0 Å². The van der Waals surface area contributed by atoms with Crippen molar-refractivity contribution in [2.75, 3.05) is 36.4 Å². The van der Waals surface area contributed by atoms with Gasteiger partial charge in [-0.3, -0.25) is 0 Å². The molecule has 29 heavy (non-hydrogen) atoms. The Morgan fingerprint density at radius 3 is 2.28 bits per heavy atom. The number of rotatable bonds is 3. The fourth-order valence-electron chi connectivity index (χ4n) is 3.57. The van der Waals surface area contributed by atoms with E-state index in [1.807, 2.05) is 56.1 Å². The molecule has 2 amide bonds. The molecule has 1 aliphatic rings. The van der Waals surface area contributed by atoms with Gasteiger partial charge in [-0.2, -0.15) is 5.10 Å². The number of anilines is 2. The molecule has 4 rings (SSSR count). The molecule has 1 N–H and O–H groups in total. The number of aryl methyl sites for hydroxylation is 3. The molecule has 150 valence electrons. The van der Waals surface area contributed by atoms with Gasteiger partial charge in [0.05, 0.1) is 5.69 Å². The summed E-state index contributed by atoms with van der Waals surface area (Å²) in [6.45, 7) is 8.71. The Hall–Kier alpha value is -3.42. The second-order valence-corrected chi connectivity index (χ2v) is 7.42. The molecule has 3 heterocycles. The first-order valence-electron chi connectivity index (χ1n) is 9.72. The minimum Gasteiger partial charge on any atom is -0.353 e. The van der Waals surface area contributed by atoms with E-state index in [0.29, 0.717) is 13.1 Å². The van der Waals surface area contributed by atoms with Gasteiger partial charge in [-0.15, -0.1) is 0 Å². The molecule has 8 heteroatoms. The van der Waals surface area contributed by atoms with E-state index in [1.165, 1.54) is 0 Å². The third kappa shape index (κ3) is 4.37. The van der Waals surface area contributed by atoms with Crippen LogP contribution in [0.15, 0.2) is 42.9 Å². The van der Waals surface area contributed by atoms with Crippen LogP contribution in [0.3, 0.4) is 0 Å². The van der Waals surface area contributed by atoms with Gasteiger partial charge in [0.2, 0.25) is 0 Å². The predicted molar refractivity (Wildman–Crippen MR) is 113 cm³/mol. The van der Waals surface area contributed by atoms with Gasteiger partial charge in [0.15, 0.2) is 5.82 Å². The van der Waals surface area contributed by atoms with Crippen molar-refractivity contribution >= 4 is 17.5 Å². The van der Waals surface area contributed by atoms with Crippen molar-refractivity contribution in [2.45, 2.75) is 20.8 Å². The van der Waals surface area contributed by atoms with E-state index < -0.39 is 0 Å². The van der Waals surface area contributed by atoms with E-state index in [1.54, 1.807) is 11.0 Å². The SMILES string of the molecule is Cc1cc(C)cc(NC(=O)N2CCN(c3cc(-n4ccc(C)n4)ncn3)CC2)c1. The molecule has 2 aromatic heterocycles. The van der Waals surface area contributed by atoms with Gasteiger partial charge in [0, 0.05) is 44.1 Å². The number of hydrogen-bond acceptors (Lipinski definition) is 5. The quantitative estimate of drug-likeness (QED) is 0.743. The second-order valence-electron chi connectivity index (χ2n) is 7.42. The van der Waals surface area contributed by atoms with Crippen LogP contribution in [-0.2, 0) is 0 Å². The van der Waals surface area contributed by atoms with E-state index in [4.69, 9.17) is 0 Å². The zero-order valence-electron chi connectivity index (χ0n) is 17.0. The minimum atomic E-state index is -0.0648. The van der Waals surface area contributed by atoms with Crippen LogP contribution in [0.4, 0.5) is 16.3 Å². The van der Waals surface area contributed by atoms with Crippen LogP contribution in [0.25, 0.3) is 5.82 Å². The summed E-state index contributed by atoms with van der Waals surface area (Å²) in [5.41, 5.74) is 4.05. The van der Waals surface area contributed by atoms with Gasteiger partial charge in [-0.05, 0) is 50.1 Å². The monoisotopic (exact) mass is 391 g/mol. The Labute approximate surface area is 170 Å². The van der Waals surface area contributed by atoms with Gasteiger partial charge in [0.1, 0.15) is 12.1 Å². The van der Waals surface area contributed by atoms with Crippen LogP contribution in [-0.4, -0.2) is 56.9 Å². The molecule has 3 aromatic rings. The maximum absolute atomic E-state index is 12.6. The van der Waals surface area contributed by atoms with Crippen molar-refractivity contribution in [3.05, 3.63) is 59.7 Å². The Kier molecular flexibility index (Phi) is 5.16. The van der Waals surface area contributed by atoms with Crippen LogP contribution in [0.2, 0.25) is 0 Å². The number of urea groups is 1. The molecule has 0 radical (unpaired) electrons. The van der Waals surface area contributed by atoms with Gasteiger partial charge in [-0.25, -0.2) is 19.4 Å². The number of carbonyl (C=O) groups excluding carboxylic acids is 1. The van der Waals surface area contributed by atoms with Crippen LogP contribution >= 0.6 is 0 Å². The summed E-state index contributed by atoms with van der Waals surface area (Å²) in [6, 6.07) is 9.87. The van der Waals surface area contributed by atoms with Crippen molar-refractivity contribution in [3.8, 4) is 5.82 Å². The number of benzene rings is 1. The van der Waals surface area contributed by atoms with E-state index in [9.17, 15) is 4.79 Å². The summed E-state index contributed by atoms with van der Waals surface area (Å²) in [5.74, 6) is 1.58. The normalized spacial score (nSPS) is 14.2. The number of carbonyl (C=O) groups is 1. The van der Waals surface area contributed by atoms with E-state index >= 15 is 0 Å². The van der Waals surface area contributed by atoms with Gasteiger partial charge < -0.3 is 15.1 Å². The summed E-state index contributed by atoms with van der Waals surface area (Å²) in [4.78, 5) is 25.4. The standard InChI is InChI=1S/C21H25N7O/c1-15-10-16(2)12-18(11-15)24-21(29)27-8-6-26(7-9-27)19-13-20(23-14-22-19)28-5-4-17(3)25-28/h4-5,10-14H,6-9H2,1-3H3,(H,24,29). The maximum atomic E-state index is 12.6. The van der Waals surface area contributed by atoms with Crippen molar-refractivity contribution < 1.29 is 4.79 Å². The molecule has 0 saturated carbocycles. The highest BCUT2D eigenvalue weighted by Gasteiger charge is 2.22. The lowest BCUT2D eigenvalue weighted by atomic mass is 10.1. The molecule has 1 aliphatic heterocycles. The van der Waals surface area contributed by atoms with Crippen molar-refractivity contribution in [2.24, 2.45) is 0 Å². The van der Waals surface area contributed by atoms with Crippen LogP contribution in [0.1, 0.15) is 16.8 Å². The molecule has 0 bridgehead atoms. The topological polar surface area (TPSA) is 79.2 Å². The summed E-state index contributed by atoms with van der Waals surface area (Å²) >= 11 is 0. The average Bonchev–Trinajstić information content (AvgIpc) is 3.14. The lowest BCUT2D eigenvalue weighted by molar-refractivity contribution is 0.208. The maximum Gasteiger partial charge on any atom is 0.321 e.